The summed E-state index contributed by atoms with van der Waals surface area (Å²) in [7, 11) is -5.04. The standard InChI is InChI=1S/C27H44O10S/c1-13-5-10-27(35-12-13)14(2)19-18(36-27)11-17-15-6-9-26(31)23(37-38(32,33)34)21(29)20(28)22(30)25(26,4)16(15)7-8-24(17,19)3/h13-23,28-31H,5-12H2,1-4H3,(H,32,33,34)/t13-,14+,15-,16+,17+,18?,19?,20-,21+,22-,23+,24+,25+,26+,27-/m1/s1. The summed E-state index contributed by atoms with van der Waals surface area (Å²) < 4.78 is 50.7. The smallest absolute Gasteiger partial charge is 0.390 e. The quantitative estimate of drug-likeness (QED) is 0.314. The molecule has 0 amide bonds. The highest BCUT2D eigenvalue weighted by molar-refractivity contribution is 7.80. The lowest BCUT2D eigenvalue weighted by Crippen LogP contribution is -2.78. The minimum atomic E-state index is -5.04. The van der Waals surface area contributed by atoms with E-state index in [9.17, 15) is 33.4 Å². The molecule has 2 unspecified atom stereocenters. The van der Waals surface area contributed by atoms with Crippen LogP contribution in [0, 0.1) is 46.3 Å². The number of aliphatic hydroxyl groups is 4. The largest absolute Gasteiger partial charge is 0.397 e. The molecule has 2 saturated heterocycles. The summed E-state index contributed by atoms with van der Waals surface area (Å²) in [5.41, 5.74) is -3.35. The first-order valence-electron chi connectivity index (χ1n) is 14.3. The minimum Gasteiger partial charge on any atom is -0.390 e. The average molecular weight is 561 g/mol. The Morgan fingerprint density at radius 3 is 2.29 bits per heavy atom. The van der Waals surface area contributed by atoms with Crippen LogP contribution in [0.4, 0.5) is 0 Å². The van der Waals surface area contributed by atoms with Crippen LogP contribution in [-0.2, 0) is 24.1 Å². The molecule has 10 nitrogen and oxygen atoms in total. The number of hydrogen-bond acceptors (Lipinski definition) is 9. The van der Waals surface area contributed by atoms with Gasteiger partial charge in [-0.2, -0.15) is 8.42 Å². The monoisotopic (exact) mass is 560 g/mol. The molecule has 6 aliphatic rings. The molecular formula is C27H44O10S. The summed E-state index contributed by atoms with van der Waals surface area (Å²) in [6, 6.07) is 0. The van der Waals surface area contributed by atoms with E-state index in [-0.39, 0.29) is 41.6 Å². The van der Waals surface area contributed by atoms with Crippen molar-refractivity contribution in [2.45, 2.75) is 115 Å². The molecule has 38 heavy (non-hydrogen) atoms. The molecule has 2 heterocycles. The Balaban J connectivity index is 1.32. The van der Waals surface area contributed by atoms with Crippen LogP contribution < -0.4 is 0 Å². The fraction of sp³-hybridized carbons (Fsp3) is 1.00. The number of fused-ring (bicyclic) bond motifs is 7. The SMILES string of the molecule is C[C@@H]1CC[C@@]2(OC1)OC1C[C@H]3[C@@H]4CC[C@]5(O)[C@@H](OS(=O)(=O)O)[C@@H](O)[C@@H](O)[C@@H](O)[C@]5(C)[C@H]4CC[C@]3(C)C1[C@@H]2C. The maximum atomic E-state index is 12.0. The molecule has 6 fully saturated rings. The minimum absolute atomic E-state index is 0.0188. The van der Waals surface area contributed by atoms with Gasteiger partial charge >= 0.3 is 10.4 Å². The van der Waals surface area contributed by atoms with Crippen LogP contribution in [-0.4, -0.2) is 81.9 Å². The van der Waals surface area contributed by atoms with E-state index in [0.717, 1.165) is 25.7 Å². The summed E-state index contributed by atoms with van der Waals surface area (Å²) in [5, 5.41) is 44.8. The molecule has 5 N–H and O–H groups in total. The molecule has 11 heteroatoms. The van der Waals surface area contributed by atoms with Gasteiger partial charge in [0.15, 0.2) is 5.79 Å². The van der Waals surface area contributed by atoms with Crippen LogP contribution in [0.25, 0.3) is 0 Å². The third-order valence-corrected chi connectivity index (χ3v) is 13.0. The number of ether oxygens (including phenoxy) is 2. The van der Waals surface area contributed by atoms with Crippen LogP contribution in [0.2, 0.25) is 0 Å². The molecule has 0 aromatic heterocycles. The fourth-order valence-electron chi connectivity index (χ4n) is 10.6. The normalized spacial score (nSPS) is 60.2. The van der Waals surface area contributed by atoms with Crippen LogP contribution in [0.1, 0.15) is 72.6 Å². The van der Waals surface area contributed by atoms with Crippen molar-refractivity contribution in [3.63, 3.8) is 0 Å². The first kappa shape index (κ1) is 27.8. The fourth-order valence-corrected chi connectivity index (χ4v) is 11.2. The van der Waals surface area contributed by atoms with E-state index in [4.69, 9.17) is 13.7 Å². The summed E-state index contributed by atoms with van der Waals surface area (Å²) in [6.07, 6.45) is -1.90. The Bertz CT molecular complexity index is 1060. The van der Waals surface area contributed by atoms with E-state index in [1.54, 1.807) is 6.92 Å². The lowest BCUT2D eigenvalue weighted by atomic mass is 9.41. The maximum Gasteiger partial charge on any atom is 0.397 e. The Morgan fingerprint density at radius 2 is 1.66 bits per heavy atom. The maximum absolute atomic E-state index is 12.0. The van der Waals surface area contributed by atoms with Crippen molar-refractivity contribution < 1.29 is 47.1 Å². The summed E-state index contributed by atoms with van der Waals surface area (Å²) >= 11 is 0. The van der Waals surface area contributed by atoms with Gasteiger partial charge in [-0.05, 0) is 73.5 Å². The molecule has 2 aliphatic heterocycles. The van der Waals surface area contributed by atoms with Gasteiger partial charge in [0.2, 0.25) is 0 Å². The molecule has 0 aromatic rings. The molecular weight excluding hydrogens is 516 g/mol. The second kappa shape index (κ2) is 8.58. The molecule has 4 aliphatic carbocycles. The third kappa shape index (κ3) is 3.49. The average Bonchev–Trinajstić information content (AvgIpc) is 3.29. The molecule has 4 saturated carbocycles. The van der Waals surface area contributed by atoms with E-state index >= 15 is 0 Å². The first-order chi connectivity index (χ1) is 17.6. The molecule has 6 rings (SSSR count). The van der Waals surface area contributed by atoms with Crippen LogP contribution in [0.5, 0.6) is 0 Å². The van der Waals surface area contributed by atoms with Gasteiger partial charge in [-0.25, -0.2) is 4.18 Å². The predicted molar refractivity (Wildman–Crippen MR) is 134 cm³/mol. The van der Waals surface area contributed by atoms with Gasteiger partial charge in [0.1, 0.15) is 23.9 Å². The molecule has 0 bridgehead atoms. The summed E-state index contributed by atoms with van der Waals surface area (Å²) in [5.74, 6) is 0.693. The number of rotatable bonds is 2. The highest BCUT2D eigenvalue weighted by Crippen LogP contribution is 2.72. The van der Waals surface area contributed by atoms with Crippen molar-refractivity contribution in [3.8, 4) is 0 Å². The van der Waals surface area contributed by atoms with E-state index in [2.05, 4.69) is 20.8 Å². The molecule has 0 aromatic carbocycles. The van der Waals surface area contributed by atoms with E-state index in [0.29, 0.717) is 31.3 Å². The van der Waals surface area contributed by atoms with Crippen molar-refractivity contribution in [2.24, 2.45) is 46.3 Å². The second-order valence-electron chi connectivity index (χ2n) is 14.0. The lowest BCUT2D eigenvalue weighted by Gasteiger charge is -2.67. The zero-order valence-corrected chi connectivity index (χ0v) is 23.5. The van der Waals surface area contributed by atoms with Crippen molar-refractivity contribution in [1.29, 1.82) is 0 Å². The van der Waals surface area contributed by atoms with Crippen molar-refractivity contribution in [1.82, 2.24) is 0 Å². The zero-order valence-electron chi connectivity index (χ0n) is 22.7. The van der Waals surface area contributed by atoms with Gasteiger partial charge in [0.25, 0.3) is 0 Å². The van der Waals surface area contributed by atoms with Crippen molar-refractivity contribution in [2.75, 3.05) is 6.61 Å². The number of aliphatic hydroxyl groups excluding tert-OH is 3. The van der Waals surface area contributed by atoms with Gasteiger partial charge in [-0.3, -0.25) is 4.55 Å². The Hall–Kier alpha value is -0.370. The van der Waals surface area contributed by atoms with Crippen LogP contribution in [0.3, 0.4) is 0 Å². The topological polar surface area (TPSA) is 163 Å². The molecule has 15 atom stereocenters. The van der Waals surface area contributed by atoms with Gasteiger partial charge in [0, 0.05) is 17.8 Å². The predicted octanol–water partition coefficient (Wildman–Crippen LogP) is 1.65. The second-order valence-corrected chi connectivity index (χ2v) is 15.1. The van der Waals surface area contributed by atoms with Crippen molar-refractivity contribution in [3.05, 3.63) is 0 Å². The number of hydrogen-bond donors (Lipinski definition) is 5. The van der Waals surface area contributed by atoms with Gasteiger partial charge in [-0.1, -0.05) is 27.7 Å². The summed E-state index contributed by atoms with van der Waals surface area (Å²) in [4.78, 5) is 0. The summed E-state index contributed by atoms with van der Waals surface area (Å²) in [6.45, 7) is 9.21. The highest BCUT2D eigenvalue weighted by atomic mass is 32.3. The van der Waals surface area contributed by atoms with Gasteiger partial charge < -0.3 is 29.9 Å². The lowest BCUT2D eigenvalue weighted by molar-refractivity contribution is -0.320. The molecule has 218 valence electrons. The molecule has 1 spiro atoms. The van der Waals surface area contributed by atoms with Crippen LogP contribution in [0.15, 0.2) is 0 Å². The van der Waals surface area contributed by atoms with E-state index in [1.165, 1.54) is 0 Å². The zero-order chi connectivity index (χ0) is 27.6. The van der Waals surface area contributed by atoms with Gasteiger partial charge in [-0.15, -0.1) is 0 Å². The van der Waals surface area contributed by atoms with E-state index in [1.807, 2.05) is 0 Å². The Kier molecular flexibility index (Phi) is 6.27. The van der Waals surface area contributed by atoms with Crippen LogP contribution >= 0.6 is 0 Å². The molecule has 0 radical (unpaired) electrons. The third-order valence-electron chi connectivity index (χ3n) is 12.6. The first-order valence-corrected chi connectivity index (χ1v) is 15.7. The van der Waals surface area contributed by atoms with Crippen molar-refractivity contribution >= 4 is 10.4 Å². The Labute approximate surface area is 225 Å². The van der Waals surface area contributed by atoms with Gasteiger partial charge in [0.05, 0.1) is 18.8 Å². The Morgan fingerprint density at radius 1 is 0.947 bits per heavy atom. The van der Waals surface area contributed by atoms with E-state index < -0.39 is 51.6 Å². The highest BCUT2D eigenvalue weighted by Gasteiger charge is 2.75.